The van der Waals surface area contributed by atoms with Crippen molar-refractivity contribution in [3.63, 3.8) is 0 Å². The Morgan fingerprint density at radius 2 is 1.92 bits per heavy atom. The van der Waals surface area contributed by atoms with Crippen molar-refractivity contribution >= 4 is 27.7 Å². The van der Waals surface area contributed by atoms with E-state index in [0.717, 1.165) is 89.8 Å². The summed E-state index contributed by atoms with van der Waals surface area (Å²) in [5.41, 5.74) is 9.12. The molecular weight excluding hydrogens is 469 g/mol. The number of nitrogens with one attached hydrogen (secondary N) is 1. The van der Waals surface area contributed by atoms with Crippen molar-refractivity contribution in [3.05, 3.63) is 107 Å². The molecule has 2 heterocycles. The molecule has 1 aromatic heterocycles. The maximum atomic E-state index is 15.0. The number of hydrogen-bond donors (Lipinski definition) is 1. The van der Waals surface area contributed by atoms with E-state index in [2.05, 4.69) is 67.1 Å². The Labute approximate surface area is 227 Å². The molecule has 2 aromatic carbocycles. The molecule has 0 bridgehead atoms. The Kier molecular flexibility index (Phi) is 9.30. The van der Waals surface area contributed by atoms with E-state index < -0.39 is 0 Å². The summed E-state index contributed by atoms with van der Waals surface area (Å²) in [6, 6.07) is 14.1. The highest BCUT2D eigenvalue weighted by Gasteiger charge is 2.19. The van der Waals surface area contributed by atoms with Crippen molar-refractivity contribution in [2.45, 2.75) is 53.4 Å². The molecule has 0 amide bonds. The third kappa shape index (κ3) is 6.14. The van der Waals surface area contributed by atoms with Crippen molar-refractivity contribution in [1.82, 2.24) is 15.2 Å². The van der Waals surface area contributed by atoms with Gasteiger partial charge in [0.1, 0.15) is 5.82 Å². The van der Waals surface area contributed by atoms with Crippen LogP contribution in [0.1, 0.15) is 69.2 Å². The first-order chi connectivity index (χ1) is 18.5. The van der Waals surface area contributed by atoms with E-state index in [0.29, 0.717) is 5.56 Å². The van der Waals surface area contributed by atoms with E-state index in [9.17, 15) is 4.39 Å². The van der Waals surface area contributed by atoms with Gasteiger partial charge in [-0.15, -0.1) is 0 Å². The Morgan fingerprint density at radius 1 is 1.11 bits per heavy atom. The second kappa shape index (κ2) is 12.8. The lowest BCUT2D eigenvalue weighted by molar-refractivity contribution is 0.411. The Hall–Kier alpha value is -3.50. The molecule has 0 unspecified atom stereocenters. The van der Waals surface area contributed by atoms with Crippen LogP contribution in [0.2, 0.25) is 0 Å². The number of rotatable bonds is 9. The summed E-state index contributed by atoms with van der Waals surface area (Å²) in [5, 5.41) is 4.47. The molecular formula is C34H40FN3. The van der Waals surface area contributed by atoms with Crippen LogP contribution in [0.25, 0.3) is 27.7 Å². The smallest absolute Gasteiger partial charge is 0.130 e. The van der Waals surface area contributed by atoms with Crippen LogP contribution in [0, 0.1) is 5.82 Å². The van der Waals surface area contributed by atoms with Crippen LogP contribution in [0.4, 0.5) is 4.39 Å². The van der Waals surface area contributed by atoms with E-state index in [4.69, 9.17) is 4.98 Å². The molecule has 0 spiro atoms. The maximum absolute atomic E-state index is 15.0. The highest BCUT2D eigenvalue weighted by Crippen LogP contribution is 2.33. The minimum atomic E-state index is -0.184. The van der Waals surface area contributed by atoms with E-state index in [-0.39, 0.29) is 5.82 Å². The highest BCUT2D eigenvalue weighted by molar-refractivity contribution is 5.97. The zero-order chi connectivity index (χ0) is 27.1. The average Bonchev–Trinajstić information content (AvgIpc) is 2.93. The fraction of sp³-hybridized carbons (Fsp3) is 0.324. The highest BCUT2D eigenvalue weighted by atomic mass is 19.1. The molecule has 1 aliphatic rings. The van der Waals surface area contributed by atoms with Crippen molar-refractivity contribution in [3.8, 4) is 0 Å². The number of aromatic nitrogens is 1. The summed E-state index contributed by atoms with van der Waals surface area (Å²) < 4.78 is 15.0. The summed E-state index contributed by atoms with van der Waals surface area (Å²) in [6.07, 6.45) is 12.4. The van der Waals surface area contributed by atoms with Crippen LogP contribution in [0.15, 0.2) is 79.2 Å². The normalized spacial score (nSPS) is 15.4. The number of piperazine rings is 1. The Bertz CT molecular complexity index is 1400. The first-order valence-electron chi connectivity index (χ1n) is 13.9. The van der Waals surface area contributed by atoms with Crippen LogP contribution < -0.4 is 5.32 Å². The summed E-state index contributed by atoms with van der Waals surface area (Å²) in [4.78, 5) is 7.14. The van der Waals surface area contributed by atoms with Crippen LogP contribution >= 0.6 is 0 Å². The number of hydrogen-bond acceptors (Lipinski definition) is 3. The number of pyridine rings is 1. The minimum absolute atomic E-state index is 0.184. The number of fused-ring (bicyclic) bond motifs is 1. The second-order valence-electron chi connectivity index (χ2n) is 10.0. The standard InChI is InChI=1S/C34H40FN3/c1-6-9-12-34(38-18-17-36-22-24(38)4)29-21-28-20-27(14-16-33(28)37-23-29)30(11-8-3)25(5)31-19-26(10-7-2)13-15-32(31)35/h8,11-16,19-21,23,36H,4,6-7,9-10,17-18,22H2,1-3,5H3/b11-8-,30-25-,34-12-. The molecule has 0 aliphatic carbocycles. The molecule has 38 heavy (non-hydrogen) atoms. The third-order valence-electron chi connectivity index (χ3n) is 7.14. The first kappa shape index (κ1) is 27.5. The van der Waals surface area contributed by atoms with Gasteiger partial charge < -0.3 is 10.2 Å². The molecule has 3 nitrogen and oxygen atoms in total. The molecule has 0 saturated carbocycles. The fourth-order valence-electron chi connectivity index (χ4n) is 5.13. The van der Waals surface area contributed by atoms with Gasteiger partial charge in [0.2, 0.25) is 0 Å². The summed E-state index contributed by atoms with van der Waals surface area (Å²) >= 11 is 0. The molecule has 3 aromatic rings. The van der Waals surface area contributed by atoms with Crippen molar-refractivity contribution in [2.24, 2.45) is 0 Å². The Balaban J connectivity index is 1.81. The van der Waals surface area contributed by atoms with Crippen molar-refractivity contribution in [2.75, 3.05) is 19.6 Å². The van der Waals surface area contributed by atoms with Gasteiger partial charge in [-0.1, -0.05) is 63.6 Å². The number of nitrogens with zero attached hydrogens (tertiary/aromatic N) is 2. The lowest BCUT2D eigenvalue weighted by atomic mass is 9.92. The first-order valence-corrected chi connectivity index (χ1v) is 13.9. The van der Waals surface area contributed by atoms with Gasteiger partial charge in [-0.3, -0.25) is 4.98 Å². The van der Waals surface area contributed by atoms with Gasteiger partial charge in [0.25, 0.3) is 0 Å². The summed E-state index contributed by atoms with van der Waals surface area (Å²) in [5.74, 6) is -0.184. The van der Waals surface area contributed by atoms with E-state index >= 15 is 0 Å². The van der Waals surface area contributed by atoms with E-state index in [1.165, 1.54) is 5.70 Å². The number of benzene rings is 2. The van der Waals surface area contributed by atoms with E-state index in [1.54, 1.807) is 6.07 Å². The molecule has 0 radical (unpaired) electrons. The quantitative estimate of drug-likeness (QED) is 0.232. The topological polar surface area (TPSA) is 28.2 Å². The zero-order valence-electron chi connectivity index (χ0n) is 23.3. The van der Waals surface area contributed by atoms with Gasteiger partial charge >= 0.3 is 0 Å². The lowest BCUT2D eigenvalue weighted by Gasteiger charge is -2.33. The largest absolute Gasteiger partial charge is 0.343 e. The minimum Gasteiger partial charge on any atom is -0.343 e. The molecule has 0 atom stereocenters. The average molecular weight is 510 g/mol. The monoisotopic (exact) mass is 509 g/mol. The van der Waals surface area contributed by atoms with Gasteiger partial charge in [-0.2, -0.15) is 0 Å². The van der Waals surface area contributed by atoms with E-state index in [1.807, 2.05) is 38.3 Å². The maximum Gasteiger partial charge on any atom is 0.130 e. The molecule has 4 rings (SSSR count). The van der Waals surface area contributed by atoms with Gasteiger partial charge in [0, 0.05) is 53.7 Å². The number of aryl methyl sites for hydroxylation is 1. The van der Waals surface area contributed by atoms with Gasteiger partial charge in [0.15, 0.2) is 0 Å². The fourth-order valence-corrected chi connectivity index (χ4v) is 5.13. The molecule has 1 saturated heterocycles. The number of unbranched alkanes of at least 4 members (excludes halogenated alkanes) is 1. The van der Waals surface area contributed by atoms with Crippen molar-refractivity contribution < 1.29 is 4.39 Å². The second-order valence-corrected chi connectivity index (χ2v) is 10.0. The lowest BCUT2D eigenvalue weighted by Crippen LogP contribution is -2.40. The molecule has 1 aliphatic heterocycles. The SMILES string of the molecule is C=C1CNCCN1/C(=C\CCC)c1cnc2ccc(C(/C=C\C)=C(/C)c3cc(CCC)ccc3F)cc2c1. The van der Waals surface area contributed by atoms with Crippen molar-refractivity contribution in [1.29, 1.82) is 0 Å². The van der Waals surface area contributed by atoms with Gasteiger partial charge in [-0.05, 0) is 79.3 Å². The number of halogens is 1. The van der Waals surface area contributed by atoms with Crippen LogP contribution in [0.3, 0.4) is 0 Å². The molecule has 1 fully saturated rings. The third-order valence-corrected chi connectivity index (χ3v) is 7.14. The van der Waals surface area contributed by atoms with Crippen LogP contribution in [0.5, 0.6) is 0 Å². The Morgan fingerprint density at radius 3 is 2.66 bits per heavy atom. The predicted octanol–water partition coefficient (Wildman–Crippen LogP) is 8.39. The van der Waals surface area contributed by atoms with Gasteiger partial charge in [-0.25, -0.2) is 4.39 Å². The predicted molar refractivity (Wildman–Crippen MR) is 161 cm³/mol. The molecule has 4 heteroatoms. The molecule has 1 N–H and O–H groups in total. The zero-order valence-corrected chi connectivity index (χ0v) is 23.3. The molecule has 198 valence electrons. The summed E-state index contributed by atoms with van der Waals surface area (Å²) in [7, 11) is 0. The van der Waals surface area contributed by atoms with Gasteiger partial charge in [0.05, 0.1) is 5.52 Å². The number of allylic oxidation sites excluding steroid dienone is 5. The summed E-state index contributed by atoms with van der Waals surface area (Å²) in [6.45, 7) is 15.3. The van der Waals surface area contributed by atoms with Crippen LogP contribution in [-0.2, 0) is 6.42 Å². The van der Waals surface area contributed by atoms with Crippen LogP contribution in [-0.4, -0.2) is 29.5 Å².